The highest BCUT2D eigenvalue weighted by atomic mass is 127. The molecule has 0 aliphatic heterocycles. The number of halogens is 4. The van der Waals surface area contributed by atoms with Gasteiger partial charge in [-0.3, -0.25) is 4.79 Å². The van der Waals surface area contributed by atoms with Crippen molar-refractivity contribution in [3.05, 3.63) is 30.2 Å². The lowest BCUT2D eigenvalue weighted by molar-refractivity contribution is 0.144. The van der Waals surface area contributed by atoms with Crippen LogP contribution in [0.4, 0.5) is 8.78 Å². The summed E-state index contributed by atoms with van der Waals surface area (Å²) in [6.07, 6.45) is -2.67. The highest BCUT2D eigenvalue weighted by Gasteiger charge is 2.14. The molecule has 6 heteroatoms. The topological polar surface area (TPSA) is 32.9 Å². The second-order valence-corrected chi connectivity index (χ2v) is 3.97. The second kappa shape index (κ2) is 3.82. The molecule has 0 radical (unpaired) electrons. The van der Waals surface area contributed by atoms with E-state index in [-0.39, 0.29) is 10.2 Å². The summed E-state index contributed by atoms with van der Waals surface area (Å²) in [6.45, 7) is 0. The predicted octanol–water partition coefficient (Wildman–Crippen LogP) is 2.68. The van der Waals surface area contributed by atoms with Crippen LogP contribution in [0.15, 0.2) is 15.3 Å². The first kappa shape index (κ1) is 10.1. The van der Waals surface area contributed by atoms with Gasteiger partial charge in [0.25, 0.3) is 6.43 Å². The minimum atomic E-state index is -2.67. The summed E-state index contributed by atoms with van der Waals surface area (Å²) in [5.41, 5.74) is -0.884. The van der Waals surface area contributed by atoms with E-state index < -0.39 is 12.0 Å². The van der Waals surface area contributed by atoms with Gasteiger partial charge in [0.05, 0.1) is 4.47 Å². The number of hydrogen-bond acceptors (Lipinski definition) is 1. The standard InChI is InChI=1S/C6H3BrF2INO/c7-4-2(10)1-3(12)11-5(4)6(8)9/h1,6H,(H,11,12). The molecule has 0 aliphatic carbocycles. The van der Waals surface area contributed by atoms with E-state index in [1.807, 2.05) is 22.6 Å². The molecule has 1 rings (SSSR count). The first-order valence-electron chi connectivity index (χ1n) is 2.88. The van der Waals surface area contributed by atoms with Crippen LogP contribution >= 0.6 is 38.5 Å². The minimum absolute atomic E-state index is 0.248. The van der Waals surface area contributed by atoms with Gasteiger partial charge in [-0.1, -0.05) is 0 Å². The lowest BCUT2D eigenvalue weighted by Gasteiger charge is -2.03. The molecule has 0 amide bonds. The summed E-state index contributed by atoms with van der Waals surface area (Å²) in [4.78, 5) is 12.8. The minimum Gasteiger partial charge on any atom is -0.320 e. The first-order valence-corrected chi connectivity index (χ1v) is 4.76. The molecular weight excluding hydrogens is 347 g/mol. The zero-order valence-corrected chi connectivity index (χ0v) is 9.32. The third kappa shape index (κ3) is 2.03. The van der Waals surface area contributed by atoms with Crippen LogP contribution in [0.3, 0.4) is 0 Å². The summed E-state index contributed by atoms with van der Waals surface area (Å²) in [5, 5.41) is 0. The van der Waals surface area contributed by atoms with Crippen molar-refractivity contribution in [3.8, 4) is 0 Å². The van der Waals surface area contributed by atoms with Gasteiger partial charge < -0.3 is 4.98 Å². The molecule has 12 heavy (non-hydrogen) atoms. The van der Waals surface area contributed by atoms with Crippen LogP contribution in [0.1, 0.15) is 12.1 Å². The Morgan fingerprint density at radius 2 is 2.17 bits per heavy atom. The number of rotatable bonds is 1. The highest BCUT2D eigenvalue weighted by Crippen LogP contribution is 2.27. The van der Waals surface area contributed by atoms with Gasteiger partial charge in [0.15, 0.2) is 0 Å². The maximum Gasteiger partial charge on any atom is 0.279 e. The summed E-state index contributed by atoms with van der Waals surface area (Å²) < 4.78 is 25.1. The van der Waals surface area contributed by atoms with Crippen molar-refractivity contribution in [2.45, 2.75) is 6.43 Å². The average Bonchev–Trinajstić information content (AvgIpc) is 1.96. The number of H-pyrrole nitrogens is 1. The number of pyridine rings is 1. The van der Waals surface area contributed by atoms with Crippen molar-refractivity contribution in [2.24, 2.45) is 0 Å². The fraction of sp³-hybridized carbons (Fsp3) is 0.167. The lowest BCUT2D eigenvalue weighted by atomic mass is 10.4. The Bertz CT molecular complexity index is 352. The molecule has 1 aromatic heterocycles. The quantitative estimate of drug-likeness (QED) is 0.777. The van der Waals surface area contributed by atoms with E-state index in [1.54, 1.807) is 0 Å². The van der Waals surface area contributed by atoms with E-state index >= 15 is 0 Å². The molecular formula is C6H3BrF2INO. The number of aromatic nitrogens is 1. The van der Waals surface area contributed by atoms with Gasteiger partial charge in [0.2, 0.25) is 5.56 Å². The Hall–Kier alpha value is 0.0200. The molecule has 0 atom stereocenters. The number of nitrogens with one attached hydrogen (secondary N) is 1. The van der Waals surface area contributed by atoms with Crippen molar-refractivity contribution in [3.63, 3.8) is 0 Å². The van der Waals surface area contributed by atoms with E-state index in [0.717, 1.165) is 0 Å². The molecule has 0 unspecified atom stereocenters. The highest BCUT2D eigenvalue weighted by molar-refractivity contribution is 14.1. The second-order valence-electron chi connectivity index (χ2n) is 2.01. The smallest absolute Gasteiger partial charge is 0.279 e. The molecule has 66 valence electrons. The van der Waals surface area contributed by atoms with Gasteiger partial charge in [0, 0.05) is 9.64 Å². The van der Waals surface area contributed by atoms with Crippen LogP contribution in [-0.4, -0.2) is 4.98 Å². The van der Waals surface area contributed by atoms with Gasteiger partial charge in [0.1, 0.15) is 5.69 Å². The normalized spacial score (nSPS) is 10.8. The molecule has 1 N–H and O–H groups in total. The monoisotopic (exact) mass is 349 g/mol. The van der Waals surface area contributed by atoms with Crippen molar-refractivity contribution in [1.82, 2.24) is 4.98 Å². The zero-order chi connectivity index (χ0) is 9.30. The van der Waals surface area contributed by atoms with Crippen LogP contribution in [-0.2, 0) is 0 Å². The molecule has 0 aliphatic rings. The van der Waals surface area contributed by atoms with Crippen LogP contribution < -0.4 is 5.56 Å². The molecule has 0 saturated carbocycles. The Balaban J connectivity index is 3.38. The van der Waals surface area contributed by atoms with Gasteiger partial charge >= 0.3 is 0 Å². The fourth-order valence-corrected chi connectivity index (χ4v) is 1.64. The molecule has 0 fully saturated rings. The summed E-state index contributed by atoms with van der Waals surface area (Å²) in [5.74, 6) is 0. The Morgan fingerprint density at radius 1 is 1.58 bits per heavy atom. The fourth-order valence-electron chi connectivity index (χ4n) is 0.681. The SMILES string of the molecule is O=c1cc(I)c(Br)c(C(F)F)[nH]1. The van der Waals surface area contributed by atoms with E-state index in [2.05, 4.69) is 20.9 Å². The molecule has 0 bridgehead atoms. The third-order valence-electron chi connectivity index (χ3n) is 1.18. The van der Waals surface area contributed by atoms with Crippen LogP contribution in [0.25, 0.3) is 0 Å². The third-order valence-corrected chi connectivity index (χ3v) is 3.63. The van der Waals surface area contributed by atoms with E-state index in [9.17, 15) is 13.6 Å². The zero-order valence-electron chi connectivity index (χ0n) is 5.57. The average molecular weight is 350 g/mol. The van der Waals surface area contributed by atoms with Gasteiger partial charge in [-0.25, -0.2) is 8.78 Å². The summed E-state index contributed by atoms with van der Waals surface area (Å²) in [7, 11) is 0. The predicted molar refractivity (Wildman–Crippen MR) is 52.4 cm³/mol. The van der Waals surface area contributed by atoms with E-state index in [4.69, 9.17) is 0 Å². The molecule has 0 saturated heterocycles. The van der Waals surface area contributed by atoms with E-state index in [1.165, 1.54) is 6.07 Å². The van der Waals surface area contributed by atoms with Crippen LogP contribution in [0, 0.1) is 3.57 Å². The number of hydrogen-bond donors (Lipinski definition) is 1. The van der Waals surface area contributed by atoms with Crippen molar-refractivity contribution < 1.29 is 8.78 Å². The lowest BCUT2D eigenvalue weighted by Crippen LogP contribution is -2.09. The van der Waals surface area contributed by atoms with Crippen LogP contribution in [0.2, 0.25) is 0 Å². The molecule has 0 aromatic carbocycles. The van der Waals surface area contributed by atoms with Crippen molar-refractivity contribution >= 4 is 38.5 Å². The first-order chi connectivity index (χ1) is 5.52. The van der Waals surface area contributed by atoms with E-state index in [0.29, 0.717) is 3.57 Å². The summed E-state index contributed by atoms with van der Waals surface area (Å²) in [6, 6.07) is 1.25. The summed E-state index contributed by atoms with van der Waals surface area (Å²) >= 11 is 4.77. The van der Waals surface area contributed by atoms with Crippen LogP contribution in [0.5, 0.6) is 0 Å². The van der Waals surface area contributed by atoms with Crippen molar-refractivity contribution in [1.29, 1.82) is 0 Å². The van der Waals surface area contributed by atoms with Gasteiger partial charge in [-0.15, -0.1) is 0 Å². The largest absolute Gasteiger partial charge is 0.320 e. The molecule has 2 nitrogen and oxygen atoms in total. The Labute approximate surface area is 88.6 Å². The van der Waals surface area contributed by atoms with Crippen molar-refractivity contribution in [2.75, 3.05) is 0 Å². The number of aromatic amines is 1. The maximum atomic E-state index is 12.2. The molecule has 1 aromatic rings. The maximum absolute atomic E-state index is 12.2. The number of alkyl halides is 2. The Morgan fingerprint density at radius 3 is 2.67 bits per heavy atom. The molecule has 0 spiro atoms. The Kier molecular flexibility index (Phi) is 3.22. The van der Waals surface area contributed by atoms with Gasteiger partial charge in [-0.2, -0.15) is 0 Å². The molecule has 1 heterocycles. The van der Waals surface area contributed by atoms with Gasteiger partial charge in [-0.05, 0) is 38.5 Å².